The first-order valence-corrected chi connectivity index (χ1v) is 9.40. The van der Waals surface area contributed by atoms with Gasteiger partial charge in [-0.3, -0.25) is 4.98 Å². The molecule has 0 radical (unpaired) electrons. The monoisotopic (exact) mass is 420 g/mol. The lowest BCUT2D eigenvalue weighted by Crippen LogP contribution is -2.15. The molecule has 2 aromatic carbocycles. The molecule has 0 amide bonds. The topological polar surface area (TPSA) is 58.9 Å². The summed E-state index contributed by atoms with van der Waals surface area (Å²) in [6.45, 7) is 2.57. The lowest BCUT2D eigenvalue weighted by atomic mass is 10.2. The Bertz CT molecular complexity index is 1010. The second kappa shape index (κ2) is 7.72. The Morgan fingerprint density at radius 1 is 1.00 bits per heavy atom. The smallest absolute Gasteiger partial charge is 0.162 e. The molecule has 4 rings (SSSR count). The number of fused-ring (bicyclic) bond motifs is 1. The van der Waals surface area contributed by atoms with Crippen molar-refractivity contribution < 1.29 is 4.74 Å². The van der Waals surface area contributed by atoms with Crippen LogP contribution >= 0.6 is 15.9 Å². The molecule has 5 nitrogen and oxygen atoms in total. The van der Waals surface area contributed by atoms with E-state index >= 15 is 0 Å². The van der Waals surface area contributed by atoms with Crippen LogP contribution in [0.25, 0.3) is 0 Å². The van der Waals surface area contributed by atoms with E-state index in [1.165, 1.54) is 0 Å². The third-order valence-electron chi connectivity index (χ3n) is 4.01. The second-order valence-corrected chi connectivity index (χ2v) is 6.80. The Morgan fingerprint density at radius 3 is 2.59 bits per heavy atom. The summed E-state index contributed by atoms with van der Waals surface area (Å²) in [7, 11) is 0. The van der Waals surface area contributed by atoms with Gasteiger partial charge < -0.3 is 10.1 Å². The van der Waals surface area contributed by atoms with Gasteiger partial charge in [-0.1, -0.05) is 28.1 Å². The third kappa shape index (κ3) is 3.90. The number of nitrogens with one attached hydrogen (secondary N) is 1. The molecule has 1 aliphatic rings. The zero-order chi connectivity index (χ0) is 18.6. The summed E-state index contributed by atoms with van der Waals surface area (Å²) >= 11 is 3.47. The minimum absolute atomic E-state index is 0.607. The summed E-state index contributed by atoms with van der Waals surface area (Å²) in [5.41, 5.74) is 3.47. The molecule has 0 bridgehead atoms. The maximum Gasteiger partial charge on any atom is 0.162 e. The molecule has 1 aliphatic heterocycles. The second-order valence-electron chi connectivity index (χ2n) is 5.88. The van der Waals surface area contributed by atoms with Gasteiger partial charge in [-0.05, 0) is 43.3 Å². The number of hydrogen-bond donors (Lipinski definition) is 1. The zero-order valence-electron chi connectivity index (χ0n) is 14.7. The zero-order valence-corrected chi connectivity index (χ0v) is 16.3. The summed E-state index contributed by atoms with van der Waals surface area (Å²) in [6.07, 6.45) is 3.52. The fourth-order valence-electron chi connectivity index (χ4n) is 2.74. The number of hydrogen-bond acceptors (Lipinski definition) is 5. The lowest BCUT2D eigenvalue weighted by molar-refractivity contribution is 0.340. The van der Waals surface area contributed by atoms with Crippen molar-refractivity contribution in [2.45, 2.75) is 6.92 Å². The first-order chi connectivity index (χ1) is 13.2. The van der Waals surface area contributed by atoms with Crippen LogP contribution in [0.3, 0.4) is 0 Å². The predicted molar refractivity (Wildman–Crippen MR) is 112 cm³/mol. The van der Waals surface area contributed by atoms with Gasteiger partial charge in [0.05, 0.1) is 18.0 Å². The highest BCUT2D eigenvalue weighted by molar-refractivity contribution is 9.10. The van der Waals surface area contributed by atoms with E-state index < -0.39 is 0 Å². The molecule has 3 aromatic rings. The predicted octanol–water partition coefficient (Wildman–Crippen LogP) is 5.19. The molecule has 0 saturated carbocycles. The molecule has 27 heavy (non-hydrogen) atoms. The number of rotatable bonds is 4. The van der Waals surface area contributed by atoms with E-state index in [9.17, 15) is 0 Å². The number of anilines is 1. The van der Waals surface area contributed by atoms with Crippen LogP contribution in [0, 0.1) is 0 Å². The van der Waals surface area contributed by atoms with Crippen LogP contribution in [0.15, 0.2) is 81.4 Å². The molecular formula is C21H17BrN4O. The van der Waals surface area contributed by atoms with Gasteiger partial charge in [-0.25, -0.2) is 9.98 Å². The van der Waals surface area contributed by atoms with E-state index in [-0.39, 0.29) is 0 Å². The standard InChI is InChI=1S/C21H17BrN4O/c1-2-27-17-9-10-18-19(12-17)25-21(15-4-3-11-23-13-15)26-20(24-18)14-5-7-16(22)8-6-14/h3-13H,2H2,1H3,(H,24,25,26). The molecule has 0 aliphatic carbocycles. The van der Waals surface area contributed by atoms with E-state index in [0.29, 0.717) is 18.3 Å². The van der Waals surface area contributed by atoms with E-state index in [1.54, 1.807) is 12.4 Å². The van der Waals surface area contributed by atoms with Gasteiger partial charge in [0.2, 0.25) is 0 Å². The van der Waals surface area contributed by atoms with Gasteiger partial charge in [0, 0.05) is 34.1 Å². The van der Waals surface area contributed by atoms with Crippen molar-refractivity contribution in [3.05, 3.63) is 82.6 Å². The quantitative estimate of drug-likeness (QED) is 0.631. The maximum absolute atomic E-state index is 5.63. The van der Waals surface area contributed by atoms with Crippen molar-refractivity contribution >= 4 is 39.0 Å². The average molecular weight is 421 g/mol. The molecule has 2 heterocycles. The Hall–Kier alpha value is -2.99. The van der Waals surface area contributed by atoms with Gasteiger partial charge in [0.15, 0.2) is 5.84 Å². The Labute approximate surface area is 166 Å². The molecule has 0 unspecified atom stereocenters. The molecule has 1 aromatic heterocycles. The number of aliphatic imine (C=N–C) groups is 2. The largest absolute Gasteiger partial charge is 0.494 e. The summed E-state index contributed by atoms with van der Waals surface area (Å²) in [4.78, 5) is 13.8. The Morgan fingerprint density at radius 2 is 1.85 bits per heavy atom. The number of nitrogens with zero attached hydrogens (tertiary/aromatic N) is 3. The number of amidine groups is 2. The van der Waals surface area contributed by atoms with Gasteiger partial charge in [-0.15, -0.1) is 0 Å². The molecule has 0 spiro atoms. The normalized spacial score (nSPS) is 13.0. The van der Waals surface area contributed by atoms with Crippen LogP contribution in [0.4, 0.5) is 11.4 Å². The van der Waals surface area contributed by atoms with Crippen LogP contribution < -0.4 is 10.1 Å². The van der Waals surface area contributed by atoms with Crippen LogP contribution in [-0.4, -0.2) is 23.3 Å². The minimum Gasteiger partial charge on any atom is -0.494 e. The van der Waals surface area contributed by atoms with E-state index in [4.69, 9.17) is 14.7 Å². The highest BCUT2D eigenvalue weighted by Gasteiger charge is 2.16. The maximum atomic E-state index is 5.63. The molecule has 0 saturated heterocycles. The van der Waals surface area contributed by atoms with Gasteiger partial charge in [0.25, 0.3) is 0 Å². The number of benzene rings is 2. The van der Waals surface area contributed by atoms with Crippen molar-refractivity contribution in [2.75, 3.05) is 11.9 Å². The fourth-order valence-corrected chi connectivity index (χ4v) is 3.00. The SMILES string of the molecule is CCOc1ccc2c(c1)NC(c1cccnc1)=NC(c1ccc(Br)cc1)=N2. The summed E-state index contributed by atoms with van der Waals surface area (Å²) in [5.74, 6) is 2.12. The van der Waals surface area contributed by atoms with Crippen molar-refractivity contribution in [1.29, 1.82) is 0 Å². The summed E-state index contributed by atoms with van der Waals surface area (Å²) < 4.78 is 6.64. The van der Waals surface area contributed by atoms with E-state index in [0.717, 1.165) is 32.7 Å². The van der Waals surface area contributed by atoms with E-state index in [2.05, 4.69) is 26.2 Å². The molecule has 134 valence electrons. The van der Waals surface area contributed by atoms with Crippen molar-refractivity contribution in [3.8, 4) is 5.75 Å². The van der Waals surface area contributed by atoms with E-state index in [1.807, 2.05) is 61.5 Å². The molecule has 6 heteroatoms. The fraction of sp³-hybridized carbons (Fsp3) is 0.0952. The minimum atomic E-state index is 0.607. The first kappa shape index (κ1) is 17.4. The van der Waals surface area contributed by atoms with Crippen molar-refractivity contribution in [2.24, 2.45) is 9.98 Å². The van der Waals surface area contributed by atoms with Crippen molar-refractivity contribution in [1.82, 2.24) is 4.98 Å². The average Bonchev–Trinajstić information content (AvgIpc) is 2.89. The van der Waals surface area contributed by atoms with Gasteiger partial charge in [-0.2, -0.15) is 0 Å². The number of aromatic nitrogens is 1. The molecule has 0 atom stereocenters. The highest BCUT2D eigenvalue weighted by atomic mass is 79.9. The van der Waals surface area contributed by atoms with Crippen LogP contribution in [0.5, 0.6) is 5.75 Å². The third-order valence-corrected chi connectivity index (χ3v) is 4.54. The number of halogens is 1. The van der Waals surface area contributed by atoms with Gasteiger partial charge in [0.1, 0.15) is 11.6 Å². The Balaban J connectivity index is 1.85. The summed E-state index contributed by atoms with van der Waals surface area (Å²) in [6, 6.07) is 17.6. The van der Waals surface area contributed by atoms with Crippen LogP contribution in [-0.2, 0) is 0 Å². The number of pyridine rings is 1. The first-order valence-electron chi connectivity index (χ1n) is 8.60. The van der Waals surface area contributed by atoms with Gasteiger partial charge >= 0.3 is 0 Å². The number of ether oxygens (including phenoxy) is 1. The Kier molecular flexibility index (Phi) is 4.98. The van der Waals surface area contributed by atoms with Crippen LogP contribution in [0.1, 0.15) is 18.1 Å². The molecule has 1 N–H and O–H groups in total. The summed E-state index contributed by atoms with van der Waals surface area (Å²) in [5, 5.41) is 3.39. The molecule has 0 fully saturated rings. The lowest BCUT2D eigenvalue weighted by Gasteiger charge is -2.11. The van der Waals surface area contributed by atoms with Crippen LogP contribution in [0.2, 0.25) is 0 Å². The highest BCUT2D eigenvalue weighted by Crippen LogP contribution is 2.32. The van der Waals surface area contributed by atoms with Crippen molar-refractivity contribution in [3.63, 3.8) is 0 Å². The molecular weight excluding hydrogens is 404 g/mol.